The Labute approximate surface area is 234 Å². The Balaban J connectivity index is 1.63. The fourth-order valence-electron chi connectivity index (χ4n) is 3.23. The fourth-order valence-corrected chi connectivity index (χ4v) is 4.29. The van der Waals surface area contributed by atoms with Crippen LogP contribution in [0.3, 0.4) is 0 Å². The quantitative estimate of drug-likeness (QED) is 0.190. The van der Waals surface area contributed by atoms with Gasteiger partial charge in [-0.2, -0.15) is 26.6 Å². The van der Waals surface area contributed by atoms with E-state index in [9.17, 15) is 34.8 Å². The van der Waals surface area contributed by atoms with Crippen molar-refractivity contribution in [1.29, 1.82) is 0 Å². The largest absolute Gasteiger partial charge is 0.421 e. The molecule has 12 nitrogen and oxygen atoms in total. The van der Waals surface area contributed by atoms with Gasteiger partial charge in [0.2, 0.25) is 11.9 Å². The Morgan fingerprint density at radius 3 is 2.29 bits per heavy atom. The molecule has 0 unspecified atom stereocenters. The van der Waals surface area contributed by atoms with Gasteiger partial charge in [-0.05, 0) is 42.0 Å². The van der Waals surface area contributed by atoms with Gasteiger partial charge in [0.05, 0.1) is 24.4 Å². The minimum absolute atomic E-state index is 0.0317. The summed E-state index contributed by atoms with van der Waals surface area (Å²) in [4.78, 5) is 19.7. The van der Waals surface area contributed by atoms with Crippen LogP contribution in [0.25, 0.3) is 0 Å². The highest BCUT2D eigenvalue weighted by Crippen LogP contribution is 2.34. The molecule has 1 aromatic heterocycles. The number of ether oxygens (including phenoxy) is 1. The first-order valence-corrected chi connectivity index (χ1v) is 15.4. The van der Waals surface area contributed by atoms with Crippen LogP contribution in [0.5, 0.6) is 0 Å². The van der Waals surface area contributed by atoms with Gasteiger partial charge in [-0.3, -0.25) is 8.98 Å². The molecule has 3 aromatic rings. The second-order valence-electron chi connectivity index (χ2n) is 8.56. The van der Waals surface area contributed by atoms with Crippen molar-refractivity contribution in [2.45, 2.75) is 17.6 Å². The Morgan fingerprint density at radius 2 is 1.66 bits per heavy atom. The highest BCUT2D eigenvalue weighted by atomic mass is 32.2. The van der Waals surface area contributed by atoms with E-state index in [1.54, 1.807) is 6.07 Å². The van der Waals surface area contributed by atoms with Crippen LogP contribution < -0.4 is 16.0 Å². The van der Waals surface area contributed by atoms with Gasteiger partial charge in [-0.25, -0.2) is 13.4 Å². The standard InChI is InChI=1S/C24H26F3N5O7S2/c1-40(34,35)19-5-3-4-16(12-19)13-28-22-20(24(25,26)27)14-29-23(32-22)31-18-8-6-17(7-9-18)30-21(33)15-38-10-11-39-41(2,36)37/h3-9,12,14H,10-11,13,15H2,1-2H3,(H,30,33)(H2,28,29,31,32). The number of aromatic nitrogens is 2. The monoisotopic (exact) mass is 617 g/mol. The highest BCUT2D eigenvalue weighted by molar-refractivity contribution is 7.90. The third-order valence-corrected chi connectivity index (χ3v) is 6.77. The minimum atomic E-state index is -4.75. The van der Waals surface area contributed by atoms with Gasteiger partial charge in [-0.15, -0.1) is 0 Å². The number of carbonyl (C=O) groups is 1. The SMILES string of the molecule is CS(=O)(=O)OCCOCC(=O)Nc1ccc(Nc2ncc(C(F)(F)F)c(NCc3cccc(S(C)(=O)=O)c3)n2)cc1. The lowest BCUT2D eigenvalue weighted by atomic mass is 10.2. The van der Waals surface area contributed by atoms with Crippen LogP contribution >= 0.6 is 0 Å². The van der Waals surface area contributed by atoms with Crippen LogP contribution in [-0.2, 0) is 46.4 Å². The van der Waals surface area contributed by atoms with Crippen molar-refractivity contribution in [3.05, 3.63) is 65.9 Å². The average Bonchev–Trinajstić information content (AvgIpc) is 2.87. The van der Waals surface area contributed by atoms with Gasteiger partial charge in [0, 0.05) is 30.4 Å². The molecule has 3 N–H and O–H groups in total. The first kappa shape index (κ1) is 31.7. The van der Waals surface area contributed by atoms with Crippen LogP contribution in [0, 0.1) is 0 Å². The van der Waals surface area contributed by atoms with Crippen LogP contribution in [-0.4, -0.2) is 65.0 Å². The van der Waals surface area contributed by atoms with Gasteiger partial charge >= 0.3 is 6.18 Å². The number of anilines is 4. The number of nitrogens with one attached hydrogen (secondary N) is 3. The lowest BCUT2D eigenvalue weighted by Crippen LogP contribution is -2.20. The zero-order valence-electron chi connectivity index (χ0n) is 21.7. The summed E-state index contributed by atoms with van der Waals surface area (Å²) < 4.78 is 95.5. The number of hydrogen-bond donors (Lipinski definition) is 3. The number of rotatable bonds is 13. The predicted molar refractivity (Wildman–Crippen MR) is 144 cm³/mol. The Hall–Kier alpha value is -3.80. The van der Waals surface area contributed by atoms with Crippen molar-refractivity contribution in [1.82, 2.24) is 9.97 Å². The van der Waals surface area contributed by atoms with Crippen molar-refractivity contribution in [2.75, 3.05) is 48.3 Å². The summed E-state index contributed by atoms with van der Waals surface area (Å²) in [6, 6.07) is 11.9. The number of hydrogen-bond acceptors (Lipinski definition) is 11. The third kappa shape index (κ3) is 10.6. The van der Waals surface area contributed by atoms with Crippen LogP contribution in [0.15, 0.2) is 59.6 Å². The zero-order chi connectivity index (χ0) is 30.3. The van der Waals surface area contributed by atoms with Gasteiger partial charge in [0.1, 0.15) is 18.0 Å². The smallest absolute Gasteiger partial charge is 0.369 e. The predicted octanol–water partition coefficient (Wildman–Crippen LogP) is 3.19. The molecule has 0 atom stereocenters. The summed E-state index contributed by atoms with van der Waals surface area (Å²) >= 11 is 0. The number of carbonyl (C=O) groups excluding carboxylic acids is 1. The number of benzene rings is 2. The van der Waals surface area contributed by atoms with Gasteiger partial charge < -0.3 is 20.7 Å². The Morgan fingerprint density at radius 1 is 0.976 bits per heavy atom. The molecule has 0 aliphatic carbocycles. The molecule has 17 heteroatoms. The summed E-state index contributed by atoms with van der Waals surface area (Å²) in [7, 11) is -7.10. The molecule has 2 aromatic carbocycles. The fraction of sp³-hybridized carbons (Fsp3) is 0.292. The maximum Gasteiger partial charge on any atom is 0.421 e. The van der Waals surface area contributed by atoms with Crippen LogP contribution in [0.1, 0.15) is 11.1 Å². The Kier molecular flexibility index (Phi) is 10.2. The molecule has 1 heterocycles. The van der Waals surface area contributed by atoms with E-state index in [1.165, 1.54) is 42.5 Å². The minimum Gasteiger partial charge on any atom is -0.369 e. The summed E-state index contributed by atoms with van der Waals surface area (Å²) in [5.74, 6) is -1.16. The molecule has 3 rings (SSSR count). The number of nitrogens with zero attached hydrogens (tertiary/aromatic N) is 2. The van der Waals surface area contributed by atoms with Crippen molar-refractivity contribution < 1.29 is 43.7 Å². The molecular weight excluding hydrogens is 591 g/mol. The van der Waals surface area contributed by atoms with E-state index in [-0.39, 0.29) is 37.2 Å². The van der Waals surface area contributed by atoms with Crippen molar-refractivity contribution in [3.63, 3.8) is 0 Å². The molecule has 0 aliphatic rings. The van der Waals surface area contributed by atoms with E-state index < -0.39 is 43.4 Å². The van der Waals surface area contributed by atoms with E-state index in [1.807, 2.05) is 0 Å². The van der Waals surface area contributed by atoms with Crippen molar-refractivity contribution >= 4 is 49.0 Å². The molecule has 0 fully saturated rings. The van der Waals surface area contributed by atoms with E-state index in [4.69, 9.17) is 4.74 Å². The van der Waals surface area contributed by atoms with Crippen molar-refractivity contribution in [3.8, 4) is 0 Å². The molecule has 0 radical (unpaired) electrons. The molecular formula is C24H26F3N5O7S2. The molecule has 0 saturated carbocycles. The maximum atomic E-state index is 13.6. The number of alkyl halides is 3. The van der Waals surface area contributed by atoms with E-state index in [0.717, 1.165) is 12.5 Å². The summed E-state index contributed by atoms with van der Waals surface area (Å²) in [5.41, 5.74) is 0.122. The Bertz CT molecular complexity index is 1580. The van der Waals surface area contributed by atoms with Crippen molar-refractivity contribution in [2.24, 2.45) is 0 Å². The number of amides is 1. The molecule has 0 aliphatic heterocycles. The number of sulfone groups is 1. The molecule has 0 saturated heterocycles. The molecule has 1 amide bonds. The first-order valence-electron chi connectivity index (χ1n) is 11.7. The normalized spacial score (nSPS) is 12.1. The maximum absolute atomic E-state index is 13.6. The second kappa shape index (κ2) is 13.2. The van der Waals surface area contributed by atoms with E-state index in [2.05, 4.69) is 30.1 Å². The van der Waals surface area contributed by atoms with Gasteiger partial charge in [0.15, 0.2) is 9.84 Å². The van der Waals surface area contributed by atoms with Crippen LogP contribution in [0.4, 0.5) is 36.3 Å². The topological polar surface area (TPSA) is 166 Å². The van der Waals surface area contributed by atoms with Crippen LogP contribution in [0.2, 0.25) is 0 Å². The summed E-state index contributed by atoms with van der Waals surface area (Å²) in [5, 5.41) is 7.95. The second-order valence-corrected chi connectivity index (χ2v) is 12.2. The molecule has 0 spiro atoms. The van der Waals surface area contributed by atoms with Gasteiger partial charge in [-0.1, -0.05) is 12.1 Å². The molecule has 41 heavy (non-hydrogen) atoms. The molecule has 0 bridgehead atoms. The van der Waals surface area contributed by atoms with E-state index >= 15 is 0 Å². The highest BCUT2D eigenvalue weighted by Gasteiger charge is 2.35. The zero-order valence-corrected chi connectivity index (χ0v) is 23.4. The lowest BCUT2D eigenvalue weighted by molar-refractivity contribution is -0.137. The summed E-state index contributed by atoms with van der Waals surface area (Å²) in [6.07, 6.45) is -2.20. The van der Waals surface area contributed by atoms with E-state index in [0.29, 0.717) is 23.1 Å². The average molecular weight is 618 g/mol. The first-order chi connectivity index (χ1) is 19.1. The number of halogens is 3. The third-order valence-electron chi connectivity index (χ3n) is 5.06. The summed E-state index contributed by atoms with van der Waals surface area (Å²) in [6.45, 7) is -0.820. The van der Waals surface area contributed by atoms with Gasteiger partial charge in [0.25, 0.3) is 10.1 Å². The molecule has 222 valence electrons. The lowest BCUT2D eigenvalue weighted by Gasteiger charge is -2.15.